The molecular weight excluding hydrogens is 400 g/mol. The number of rotatable bonds is 8. The molecular formula is C22H30N4O3S. The monoisotopic (exact) mass is 430 g/mol. The molecule has 1 atom stereocenters. The minimum Gasteiger partial charge on any atom is -0.377 e. The number of hydrogen-bond donors (Lipinski definition) is 2. The molecule has 3 rings (SSSR count). The standard InChI is InChI=1S/C22H30N4O3S/c1-26(2)22(23-15-18-7-4-3-5-8-18)24-16-19-10-12-21(13-11-19)30(27,28)25-17-20-9-6-14-29-20/h3-5,7-8,10-13,20,25H,6,9,14-17H2,1-2H3,(H,23,24). The van der Waals surface area contributed by atoms with Crippen LogP contribution in [0.2, 0.25) is 0 Å². The van der Waals surface area contributed by atoms with Gasteiger partial charge in [0.1, 0.15) is 0 Å². The first kappa shape index (κ1) is 22.3. The van der Waals surface area contributed by atoms with Crippen molar-refractivity contribution in [2.24, 2.45) is 4.99 Å². The SMILES string of the molecule is CN(C)C(=NCc1ccccc1)NCc1ccc(S(=O)(=O)NCC2CCCO2)cc1. The van der Waals surface area contributed by atoms with E-state index in [2.05, 4.69) is 15.0 Å². The van der Waals surface area contributed by atoms with Gasteiger partial charge in [-0.25, -0.2) is 18.1 Å². The van der Waals surface area contributed by atoms with E-state index in [0.717, 1.165) is 29.9 Å². The van der Waals surface area contributed by atoms with E-state index in [1.54, 1.807) is 12.1 Å². The molecule has 7 nitrogen and oxygen atoms in total. The normalized spacial score (nSPS) is 17.1. The summed E-state index contributed by atoms with van der Waals surface area (Å²) >= 11 is 0. The smallest absolute Gasteiger partial charge is 0.240 e. The van der Waals surface area contributed by atoms with Crippen LogP contribution in [0.3, 0.4) is 0 Å². The number of nitrogens with one attached hydrogen (secondary N) is 2. The van der Waals surface area contributed by atoms with Gasteiger partial charge in [-0.1, -0.05) is 42.5 Å². The van der Waals surface area contributed by atoms with Crippen LogP contribution in [-0.4, -0.2) is 52.6 Å². The number of nitrogens with zero attached hydrogens (tertiary/aromatic N) is 2. The van der Waals surface area contributed by atoms with Crippen molar-refractivity contribution in [2.45, 2.75) is 36.9 Å². The third-order valence-corrected chi connectivity index (χ3v) is 6.33. The first-order valence-electron chi connectivity index (χ1n) is 10.1. The van der Waals surface area contributed by atoms with Crippen molar-refractivity contribution in [3.05, 3.63) is 65.7 Å². The fourth-order valence-corrected chi connectivity index (χ4v) is 4.23. The highest BCUT2D eigenvalue weighted by molar-refractivity contribution is 7.89. The fourth-order valence-electron chi connectivity index (χ4n) is 3.16. The molecule has 30 heavy (non-hydrogen) atoms. The Kier molecular flexibility index (Phi) is 7.84. The van der Waals surface area contributed by atoms with Crippen LogP contribution in [0.4, 0.5) is 0 Å². The summed E-state index contributed by atoms with van der Waals surface area (Å²) in [5.41, 5.74) is 2.12. The molecule has 162 valence electrons. The van der Waals surface area contributed by atoms with Crippen molar-refractivity contribution in [1.29, 1.82) is 0 Å². The zero-order valence-corrected chi connectivity index (χ0v) is 18.4. The molecule has 1 saturated heterocycles. The molecule has 1 aliphatic heterocycles. The second-order valence-corrected chi connectivity index (χ2v) is 9.27. The van der Waals surface area contributed by atoms with Crippen molar-refractivity contribution in [3.63, 3.8) is 0 Å². The Balaban J connectivity index is 1.55. The summed E-state index contributed by atoms with van der Waals surface area (Å²) in [6.07, 6.45) is 1.85. The first-order valence-corrected chi connectivity index (χ1v) is 11.6. The number of benzene rings is 2. The molecule has 2 N–H and O–H groups in total. The van der Waals surface area contributed by atoms with Crippen molar-refractivity contribution in [1.82, 2.24) is 14.9 Å². The van der Waals surface area contributed by atoms with Gasteiger partial charge >= 0.3 is 0 Å². The predicted molar refractivity (Wildman–Crippen MR) is 119 cm³/mol. The molecule has 0 aromatic heterocycles. The molecule has 0 saturated carbocycles. The van der Waals surface area contributed by atoms with E-state index >= 15 is 0 Å². The molecule has 0 aliphatic carbocycles. The lowest BCUT2D eigenvalue weighted by atomic mass is 10.2. The van der Waals surface area contributed by atoms with Gasteiger partial charge in [-0.2, -0.15) is 0 Å². The number of hydrogen-bond acceptors (Lipinski definition) is 4. The van der Waals surface area contributed by atoms with Crippen LogP contribution in [0.5, 0.6) is 0 Å². The molecule has 0 amide bonds. The van der Waals surface area contributed by atoms with Crippen molar-refractivity contribution in [2.75, 3.05) is 27.2 Å². The average molecular weight is 431 g/mol. The lowest BCUT2D eigenvalue weighted by Gasteiger charge is -2.18. The van der Waals surface area contributed by atoms with Crippen molar-refractivity contribution in [3.8, 4) is 0 Å². The summed E-state index contributed by atoms with van der Waals surface area (Å²) in [4.78, 5) is 6.83. The number of guanidine groups is 1. The molecule has 1 fully saturated rings. The van der Waals surface area contributed by atoms with Gasteiger partial charge in [-0.15, -0.1) is 0 Å². The van der Waals surface area contributed by atoms with Gasteiger partial charge in [0.2, 0.25) is 10.0 Å². The first-order chi connectivity index (χ1) is 14.4. The van der Waals surface area contributed by atoms with Crippen LogP contribution in [0.1, 0.15) is 24.0 Å². The minimum absolute atomic E-state index is 0.0251. The van der Waals surface area contributed by atoms with E-state index in [-0.39, 0.29) is 11.0 Å². The average Bonchev–Trinajstić information content (AvgIpc) is 3.27. The number of ether oxygens (including phenoxy) is 1. The highest BCUT2D eigenvalue weighted by Crippen LogP contribution is 2.14. The Morgan fingerprint density at radius 2 is 1.83 bits per heavy atom. The van der Waals surface area contributed by atoms with Crippen LogP contribution < -0.4 is 10.0 Å². The molecule has 0 spiro atoms. The third-order valence-electron chi connectivity index (χ3n) is 4.89. The van der Waals surface area contributed by atoms with E-state index in [1.807, 2.05) is 61.5 Å². The second kappa shape index (κ2) is 10.6. The summed E-state index contributed by atoms with van der Waals surface area (Å²) < 4.78 is 33.0. The molecule has 0 bridgehead atoms. The van der Waals surface area contributed by atoms with E-state index in [1.165, 1.54) is 0 Å². The van der Waals surface area contributed by atoms with Gasteiger partial charge in [-0.3, -0.25) is 0 Å². The Bertz CT molecular complexity index is 923. The van der Waals surface area contributed by atoms with Crippen LogP contribution in [0.15, 0.2) is 64.5 Å². The van der Waals surface area contributed by atoms with Gasteiger partial charge in [0.25, 0.3) is 0 Å². The largest absolute Gasteiger partial charge is 0.377 e. The summed E-state index contributed by atoms with van der Waals surface area (Å²) in [5.74, 6) is 0.772. The van der Waals surface area contributed by atoms with Crippen LogP contribution >= 0.6 is 0 Å². The zero-order chi connectivity index (χ0) is 21.4. The summed E-state index contributed by atoms with van der Waals surface area (Å²) in [7, 11) is 0.343. The summed E-state index contributed by atoms with van der Waals surface area (Å²) in [6.45, 7) is 2.16. The lowest BCUT2D eigenvalue weighted by molar-refractivity contribution is 0.114. The summed E-state index contributed by atoms with van der Waals surface area (Å²) in [5, 5.41) is 3.32. The number of sulfonamides is 1. The molecule has 1 aliphatic rings. The molecule has 8 heteroatoms. The van der Waals surface area contributed by atoms with Gasteiger partial charge in [0.05, 0.1) is 17.5 Å². The highest BCUT2D eigenvalue weighted by Gasteiger charge is 2.20. The molecule has 2 aromatic carbocycles. The maximum absolute atomic E-state index is 12.5. The Morgan fingerprint density at radius 3 is 2.47 bits per heavy atom. The molecule has 1 unspecified atom stereocenters. The third kappa shape index (κ3) is 6.55. The van der Waals surface area contributed by atoms with Gasteiger partial charge in [-0.05, 0) is 36.1 Å². The fraction of sp³-hybridized carbons (Fsp3) is 0.409. The van der Waals surface area contributed by atoms with Crippen LogP contribution in [0.25, 0.3) is 0 Å². The Labute approximate surface area is 179 Å². The molecule has 2 aromatic rings. The zero-order valence-electron chi connectivity index (χ0n) is 17.5. The maximum atomic E-state index is 12.5. The van der Waals surface area contributed by atoms with Crippen molar-refractivity contribution >= 4 is 16.0 Å². The van der Waals surface area contributed by atoms with E-state index in [4.69, 9.17) is 4.74 Å². The van der Waals surface area contributed by atoms with Crippen LogP contribution in [0, 0.1) is 0 Å². The van der Waals surface area contributed by atoms with Crippen LogP contribution in [-0.2, 0) is 27.8 Å². The highest BCUT2D eigenvalue weighted by atomic mass is 32.2. The van der Waals surface area contributed by atoms with E-state index < -0.39 is 10.0 Å². The number of aliphatic imine (C=N–C) groups is 1. The topological polar surface area (TPSA) is 83.0 Å². The Hall–Kier alpha value is -2.42. The van der Waals surface area contributed by atoms with E-state index in [9.17, 15) is 8.42 Å². The van der Waals surface area contributed by atoms with Gasteiger partial charge < -0.3 is 15.0 Å². The lowest BCUT2D eigenvalue weighted by Crippen LogP contribution is -2.36. The maximum Gasteiger partial charge on any atom is 0.240 e. The predicted octanol–water partition coefficient (Wildman–Crippen LogP) is 2.35. The minimum atomic E-state index is -3.53. The van der Waals surface area contributed by atoms with E-state index in [0.29, 0.717) is 26.2 Å². The molecule has 0 radical (unpaired) electrons. The Morgan fingerprint density at radius 1 is 1.10 bits per heavy atom. The second-order valence-electron chi connectivity index (χ2n) is 7.50. The van der Waals surface area contributed by atoms with Gasteiger partial charge in [0, 0.05) is 33.8 Å². The molecule has 1 heterocycles. The van der Waals surface area contributed by atoms with Gasteiger partial charge in [0.15, 0.2) is 5.96 Å². The summed E-state index contributed by atoms with van der Waals surface area (Å²) in [6, 6.07) is 17.0. The quantitative estimate of drug-likeness (QED) is 0.496. The van der Waals surface area contributed by atoms with Crippen molar-refractivity contribution < 1.29 is 13.2 Å².